The summed E-state index contributed by atoms with van der Waals surface area (Å²) in [6.45, 7) is 3.44. The second-order valence-corrected chi connectivity index (χ2v) is 7.45. The van der Waals surface area contributed by atoms with E-state index in [2.05, 4.69) is 31.3 Å². The normalized spacial score (nSPS) is 10.5. The molecule has 0 saturated heterocycles. The lowest BCUT2D eigenvalue weighted by atomic mass is 10.1. The summed E-state index contributed by atoms with van der Waals surface area (Å²) < 4.78 is 5.09. The minimum Gasteiger partial charge on any atom is -0.462 e. The number of halogens is 1. The van der Waals surface area contributed by atoms with Crippen molar-refractivity contribution in [3.63, 3.8) is 0 Å². The number of hydrogen-bond donors (Lipinski definition) is 3. The molecule has 0 atom stereocenters. The van der Waals surface area contributed by atoms with Gasteiger partial charge in [-0.25, -0.2) is 4.79 Å². The molecule has 3 N–H and O–H groups in total. The Morgan fingerprint density at radius 1 is 1.20 bits per heavy atom. The van der Waals surface area contributed by atoms with Crippen molar-refractivity contribution in [2.45, 2.75) is 20.3 Å². The molecule has 0 aliphatic heterocycles. The molecule has 0 fully saturated rings. The third-order valence-electron chi connectivity index (χ3n) is 3.90. The zero-order valence-corrected chi connectivity index (χ0v) is 17.6. The van der Waals surface area contributed by atoms with Crippen LogP contribution in [0.25, 0.3) is 0 Å². The first-order valence-electron chi connectivity index (χ1n) is 8.78. The van der Waals surface area contributed by atoms with Crippen molar-refractivity contribution in [1.29, 1.82) is 0 Å². The largest absolute Gasteiger partial charge is 0.462 e. The molecule has 3 rings (SSSR count). The average molecular weight is 449 g/mol. The predicted molar refractivity (Wildman–Crippen MR) is 111 cm³/mol. The Balaban J connectivity index is 1.87. The first kappa shape index (κ1) is 21.4. The summed E-state index contributed by atoms with van der Waals surface area (Å²) in [4.78, 5) is 37.8. The number of tetrazole rings is 1. The van der Waals surface area contributed by atoms with Crippen LogP contribution in [-0.4, -0.2) is 45.0 Å². The van der Waals surface area contributed by atoms with Gasteiger partial charge in [-0.2, -0.15) is 5.21 Å². The van der Waals surface area contributed by atoms with Gasteiger partial charge in [0.1, 0.15) is 5.00 Å². The lowest BCUT2D eigenvalue weighted by molar-refractivity contribution is -0.115. The van der Waals surface area contributed by atoms with E-state index in [0.717, 1.165) is 11.3 Å². The monoisotopic (exact) mass is 448 g/mol. The average Bonchev–Trinajstić information content (AvgIpc) is 3.31. The first-order chi connectivity index (χ1) is 14.4. The minimum atomic E-state index is -0.633. The Bertz CT molecular complexity index is 1070. The van der Waals surface area contributed by atoms with Crippen molar-refractivity contribution in [2.75, 3.05) is 17.2 Å². The van der Waals surface area contributed by atoms with E-state index >= 15 is 0 Å². The van der Waals surface area contributed by atoms with Crippen LogP contribution in [0.15, 0.2) is 24.3 Å². The number of carbonyl (C=O) groups excluding carboxylic acids is 3. The number of nitrogens with one attached hydrogen (secondary N) is 3. The highest BCUT2D eigenvalue weighted by atomic mass is 35.5. The molecule has 10 nitrogen and oxygen atoms in total. The third-order valence-corrected chi connectivity index (χ3v) is 5.35. The molecule has 156 valence electrons. The Morgan fingerprint density at radius 2 is 1.93 bits per heavy atom. The molecule has 0 bridgehead atoms. The van der Waals surface area contributed by atoms with Gasteiger partial charge in [-0.3, -0.25) is 9.59 Å². The van der Waals surface area contributed by atoms with Gasteiger partial charge in [-0.15, -0.1) is 21.5 Å². The van der Waals surface area contributed by atoms with Gasteiger partial charge in [-0.05, 0) is 43.7 Å². The second kappa shape index (κ2) is 9.46. The second-order valence-electron chi connectivity index (χ2n) is 5.99. The fourth-order valence-corrected chi connectivity index (χ4v) is 3.79. The number of amides is 2. The van der Waals surface area contributed by atoms with E-state index in [-0.39, 0.29) is 34.3 Å². The molecule has 12 heteroatoms. The molecule has 3 aromatic rings. The summed E-state index contributed by atoms with van der Waals surface area (Å²) in [6, 6.07) is 6.60. The van der Waals surface area contributed by atoms with Crippen molar-refractivity contribution >= 4 is 51.4 Å². The van der Waals surface area contributed by atoms with Crippen LogP contribution >= 0.6 is 22.9 Å². The van der Waals surface area contributed by atoms with Crippen LogP contribution in [-0.2, 0) is 16.0 Å². The number of carbonyl (C=O) groups is 3. The maximum absolute atomic E-state index is 12.8. The molecule has 2 amide bonds. The highest BCUT2D eigenvalue weighted by molar-refractivity contribution is 7.18. The maximum atomic E-state index is 12.8. The maximum Gasteiger partial charge on any atom is 0.341 e. The molecule has 1 aromatic carbocycles. The van der Waals surface area contributed by atoms with E-state index in [9.17, 15) is 14.4 Å². The van der Waals surface area contributed by atoms with Gasteiger partial charge in [0.2, 0.25) is 5.91 Å². The summed E-state index contributed by atoms with van der Waals surface area (Å²) in [5.74, 6) is -1.33. The molecule has 0 spiro atoms. The van der Waals surface area contributed by atoms with E-state index in [4.69, 9.17) is 16.3 Å². The summed E-state index contributed by atoms with van der Waals surface area (Å²) in [6.07, 6.45) is -0.151. The molecular formula is C18H17ClN6O4S. The number of esters is 1. The van der Waals surface area contributed by atoms with Crippen molar-refractivity contribution in [2.24, 2.45) is 0 Å². The van der Waals surface area contributed by atoms with Gasteiger partial charge in [0, 0.05) is 10.7 Å². The summed E-state index contributed by atoms with van der Waals surface area (Å²) in [5.41, 5.74) is 1.07. The highest BCUT2D eigenvalue weighted by Crippen LogP contribution is 2.34. The standard InChI is InChI=1S/C18H17ClN6O4S/c1-3-29-18(28)14-9(2)15(16(27)20-11-6-4-10(19)5-7-11)30-17(14)21-13(26)8-12-22-24-25-23-12/h4-7H,3,8H2,1-2H3,(H,20,27)(H,21,26)(H,22,23,24,25). The Morgan fingerprint density at radius 3 is 2.57 bits per heavy atom. The van der Waals surface area contributed by atoms with Gasteiger partial charge in [-0.1, -0.05) is 16.8 Å². The van der Waals surface area contributed by atoms with Gasteiger partial charge >= 0.3 is 5.97 Å². The lowest BCUT2D eigenvalue weighted by Crippen LogP contribution is -2.17. The number of aromatic nitrogens is 4. The molecule has 30 heavy (non-hydrogen) atoms. The molecule has 0 aliphatic rings. The molecule has 0 aliphatic carbocycles. The fraction of sp³-hybridized carbons (Fsp3) is 0.222. The van der Waals surface area contributed by atoms with Crippen LogP contribution in [0, 0.1) is 6.92 Å². The highest BCUT2D eigenvalue weighted by Gasteiger charge is 2.27. The van der Waals surface area contributed by atoms with Crippen LogP contribution in [0.4, 0.5) is 10.7 Å². The van der Waals surface area contributed by atoms with E-state index in [1.54, 1.807) is 38.1 Å². The zero-order chi connectivity index (χ0) is 21.7. The summed E-state index contributed by atoms with van der Waals surface area (Å²) >= 11 is 6.84. The Labute approximate surface area is 180 Å². The van der Waals surface area contributed by atoms with Crippen LogP contribution in [0.1, 0.15) is 38.3 Å². The molecule has 2 aromatic heterocycles. The minimum absolute atomic E-state index is 0.129. The number of nitrogens with zero attached hydrogens (tertiary/aromatic N) is 3. The lowest BCUT2D eigenvalue weighted by Gasteiger charge is -2.06. The smallest absolute Gasteiger partial charge is 0.341 e. The number of ether oxygens (including phenoxy) is 1. The van der Waals surface area contributed by atoms with E-state index in [1.807, 2.05) is 0 Å². The molecular weight excluding hydrogens is 432 g/mol. The van der Waals surface area contributed by atoms with Gasteiger partial charge in [0.15, 0.2) is 5.82 Å². The van der Waals surface area contributed by atoms with Crippen LogP contribution < -0.4 is 10.6 Å². The fourth-order valence-electron chi connectivity index (χ4n) is 2.56. The number of benzene rings is 1. The third kappa shape index (κ3) is 4.99. The number of aromatic amines is 1. The SMILES string of the molecule is CCOC(=O)c1c(NC(=O)Cc2nn[nH]n2)sc(C(=O)Nc2ccc(Cl)cc2)c1C. The first-order valence-corrected chi connectivity index (χ1v) is 9.98. The quantitative estimate of drug-likeness (QED) is 0.472. The van der Waals surface area contributed by atoms with E-state index in [0.29, 0.717) is 16.3 Å². The summed E-state index contributed by atoms with van der Waals surface area (Å²) in [7, 11) is 0. The van der Waals surface area contributed by atoms with Gasteiger partial charge in [0.05, 0.1) is 23.5 Å². The van der Waals surface area contributed by atoms with Crippen molar-refractivity contribution in [1.82, 2.24) is 20.6 Å². The molecule has 0 unspecified atom stereocenters. The van der Waals surface area contributed by atoms with Crippen LogP contribution in [0.5, 0.6) is 0 Å². The number of rotatable bonds is 7. The number of hydrogen-bond acceptors (Lipinski definition) is 8. The van der Waals surface area contributed by atoms with E-state index < -0.39 is 17.8 Å². The zero-order valence-electron chi connectivity index (χ0n) is 16.0. The number of H-pyrrole nitrogens is 1. The van der Waals surface area contributed by atoms with E-state index in [1.165, 1.54) is 0 Å². The topological polar surface area (TPSA) is 139 Å². The van der Waals surface area contributed by atoms with Gasteiger partial charge < -0.3 is 15.4 Å². The van der Waals surface area contributed by atoms with Crippen molar-refractivity contribution < 1.29 is 19.1 Å². The van der Waals surface area contributed by atoms with Gasteiger partial charge in [0.25, 0.3) is 5.91 Å². The molecule has 0 radical (unpaired) electrons. The van der Waals surface area contributed by atoms with Crippen molar-refractivity contribution in [3.8, 4) is 0 Å². The molecule has 2 heterocycles. The predicted octanol–water partition coefficient (Wildman–Crippen LogP) is 2.83. The number of anilines is 2. The Kier molecular flexibility index (Phi) is 6.75. The number of thiophene rings is 1. The van der Waals surface area contributed by atoms with Crippen LogP contribution in [0.3, 0.4) is 0 Å². The van der Waals surface area contributed by atoms with Crippen LogP contribution in [0.2, 0.25) is 5.02 Å². The summed E-state index contributed by atoms with van der Waals surface area (Å²) in [5, 5.41) is 19.2. The Hall–Kier alpha value is -3.31. The van der Waals surface area contributed by atoms with Crippen molar-refractivity contribution in [3.05, 3.63) is 51.1 Å². The molecule has 0 saturated carbocycles.